The van der Waals surface area contributed by atoms with Crippen molar-refractivity contribution in [2.75, 3.05) is 37.8 Å². The number of benzene rings is 1. The fourth-order valence-electron chi connectivity index (χ4n) is 5.49. The van der Waals surface area contributed by atoms with Gasteiger partial charge in [-0.15, -0.1) is 0 Å². The molecule has 2 fully saturated rings. The van der Waals surface area contributed by atoms with E-state index in [9.17, 15) is 19.1 Å². The maximum atomic E-state index is 13.7. The van der Waals surface area contributed by atoms with Gasteiger partial charge in [0.05, 0.1) is 45.6 Å². The van der Waals surface area contributed by atoms with Crippen molar-refractivity contribution >= 4 is 17.5 Å². The fraction of sp³-hybridized carbons (Fsp3) is 0.606. The van der Waals surface area contributed by atoms with Gasteiger partial charge in [0, 0.05) is 0 Å². The molecule has 0 radical (unpaired) electrons. The van der Waals surface area contributed by atoms with Crippen LogP contribution in [0.5, 0.6) is 5.88 Å². The van der Waals surface area contributed by atoms with Crippen molar-refractivity contribution in [3.8, 4) is 5.88 Å². The normalized spacial score (nSPS) is 19.1. The Morgan fingerprint density at radius 2 is 1.79 bits per heavy atom. The molecule has 0 bridgehead atoms. The quantitative estimate of drug-likeness (QED) is 0.249. The molecule has 236 valence electrons. The minimum absolute atomic E-state index is 0.120. The molecule has 0 spiro atoms. The first-order chi connectivity index (χ1) is 20.7. The van der Waals surface area contributed by atoms with Crippen LogP contribution in [-0.4, -0.2) is 72.6 Å². The molecule has 1 aliphatic carbocycles. The average molecular weight is 599 g/mol. The molecule has 10 heteroatoms. The first kappa shape index (κ1) is 32.7. The summed E-state index contributed by atoms with van der Waals surface area (Å²) in [6, 6.07) is 13.0. The SMILES string of the molecule is CCC(CC)(NC(=O)c1ccc(N2CC(F)C2)c(OCC2CC2COCc2ccccc2)n1)C(=O)N[C@H](CO)CC(C)C. The lowest BCUT2D eigenvalue weighted by molar-refractivity contribution is -0.128. The molecule has 2 heterocycles. The van der Waals surface area contributed by atoms with Crippen LogP contribution in [0.3, 0.4) is 0 Å². The van der Waals surface area contributed by atoms with E-state index >= 15 is 0 Å². The molecule has 1 aromatic carbocycles. The van der Waals surface area contributed by atoms with Gasteiger partial charge in [-0.1, -0.05) is 58.0 Å². The van der Waals surface area contributed by atoms with Crippen molar-refractivity contribution in [1.82, 2.24) is 15.6 Å². The largest absolute Gasteiger partial charge is 0.476 e. The number of aliphatic hydroxyl groups excluding tert-OH is 1. The van der Waals surface area contributed by atoms with Crippen molar-refractivity contribution in [1.29, 1.82) is 0 Å². The maximum Gasteiger partial charge on any atom is 0.270 e. The summed E-state index contributed by atoms with van der Waals surface area (Å²) in [5.74, 6) is 0.459. The number of amides is 2. The summed E-state index contributed by atoms with van der Waals surface area (Å²) in [5, 5.41) is 15.6. The van der Waals surface area contributed by atoms with E-state index in [1.165, 1.54) is 0 Å². The van der Waals surface area contributed by atoms with Gasteiger partial charge in [0.1, 0.15) is 23.1 Å². The number of nitrogens with zero attached hydrogens (tertiary/aromatic N) is 2. The Morgan fingerprint density at radius 3 is 2.42 bits per heavy atom. The van der Waals surface area contributed by atoms with Crippen molar-refractivity contribution in [3.05, 3.63) is 53.7 Å². The number of carbonyl (C=O) groups excluding carboxylic acids is 2. The first-order valence-electron chi connectivity index (χ1n) is 15.6. The standard InChI is InChI=1S/C33H47FN4O5/c1-5-33(6-2,32(41)35-27(18-39)14-22(3)4)37-30(40)28-12-13-29(38-16-26(34)17-38)31(36-28)43-21-25-15-24(25)20-42-19-23-10-8-7-9-11-23/h7-13,22,24-27,39H,5-6,14-21H2,1-4H3,(H,35,41)(H,37,40)/t24?,25?,27-/m0/s1. The number of nitrogens with one attached hydrogen (secondary N) is 2. The molecule has 2 unspecified atom stereocenters. The van der Waals surface area contributed by atoms with Crippen molar-refractivity contribution < 1.29 is 28.6 Å². The molecule has 9 nitrogen and oxygen atoms in total. The maximum absolute atomic E-state index is 13.7. The lowest BCUT2D eigenvalue weighted by Gasteiger charge is -2.37. The van der Waals surface area contributed by atoms with E-state index in [0.29, 0.717) is 56.6 Å². The highest BCUT2D eigenvalue weighted by atomic mass is 19.1. The number of carbonyl (C=O) groups is 2. The number of pyridine rings is 1. The molecule has 3 N–H and O–H groups in total. The molecule has 43 heavy (non-hydrogen) atoms. The second kappa shape index (κ2) is 15.0. The van der Waals surface area contributed by atoms with Gasteiger partial charge >= 0.3 is 0 Å². The monoisotopic (exact) mass is 598 g/mol. The van der Waals surface area contributed by atoms with E-state index in [1.807, 2.05) is 62.9 Å². The number of aromatic nitrogens is 1. The summed E-state index contributed by atoms with van der Waals surface area (Å²) in [4.78, 5) is 33.2. The Morgan fingerprint density at radius 1 is 1.09 bits per heavy atom. The van der Waals surface area contributed by atoms with E-state index in [1.54, 1.807) is 12.1 Å². The van der Waals surface area contributed by atoms with Crippen LogP contribution in [0.25, 0.3) is 0 Å². The van der Waals surface area contributed by atoms with Crippen LogP contribution < -0.4 is 20.3 Å². The average Bonchev–Trinajstić information content (AvgIpc) is 3.75. The minimum atomic E-state index is -1.16. The zero-order valence-corrected chi connectivity index (χ0v) is 25.9. The third-order valence-electron chi connectivity index (χ3n) is 8.50. The van der Waals surface area contributed by atoms with Gasteiger partial charge in [0.25, 0.3) is 5.91 Å². The van der Waals surface area contributed by atoms with E-state index in [-0.39, 0.29) is 43.1 Å². The van der Waals surface area contributed by atoms with Gasteiger partial charge in [0.2, 0.25) is 11.8 Å². The highest BCUT2D eigenvalue weighted by molar-refractivity contribution is 5.98. The molecule has 2 amide bonds. The third kappa shape index (κ3) is 8.66. The summed E-state index contributed by atoms with van der Waals surface area (Å²) < 4.78 is 25.7. The summed E-state index contributed by atoms with van der Waals surface area (Å²) in [6.45, 7) is 9.70. The number of alkyl halides is 1. The van der Waals surface area contributed by atoms with Gasteiger partial charge in [-0.3, -0.25) is 9.59 Å². The number of anilines is 1. The van der Waals surface area contributed by atoms with E-state index in [2.05, 4.69) is 15.6 Å². The summed E-state index contributed by atoms with van der Waals surface area (Å²) in [5.41, 5.74) is 0.743. The molecule has 4 rings (SSSR count). The smallest absolute Gasteiger partial charge is 0.270 e. The van der Waals surface area contributed by atoms with Crippen LogP contribution >= 0.6 is 0 Å². The zero-order chi connectivity index (χ0) is 31.0. The predicted octanol–water partition coefficient (Wildman–Crippen LogP) is 4.28. The molecule has 2 aliphatic rings. The molecule has 1 saturated heterocycles. The molecular formula is C33H47FN4O5. The lowest BCUT2D eigenvalue weighted by Crippen LogP contribution is -2.60. The molecule has 1 aliphatic heterocycles. The highest BCUT2D eigenvalue weighted by Gasteiger charge is 2.40. The van der Waals surface area contributed by atoms with Crippen LogP contribution in [0.15, 0.2) is 42.5 Å². The minimum Gasteiger partial charge on any atom is -0.476 e. The van der Waals surface area contributed by atoms with Gasteiger partial charge in [0.15, 0.2) is 0 Å². The van der Waals surface area contributed by atoms with Crippen LogP contribution in [-0.2, 0) is 16.1 Å². The Balaban J connectivity index is 1.40. The zero-order valence-electron chi connectivity index (χ0n) is 25.9. The number of ether oxygens (including phenoxy) is 2. The molecule has 2 aromatic rings. The Labute approximate surface area is 254 Å². The first-order valence-corrected chi connectivity index (χ1v) is 15.6. The van der Waals surface area contributed by atoms with Crippen LogP contribution in [0.1, 0.15) is 69.4 Å². The Kier molecular flexibility index (Phi) is 11.4. The van der Waals surface area contributed by atoms with Crippen molar-refractivity contribution in [2.45, 2.75) is 77.7 Å². The second-order valence-electron chi connectivity index (χ2n) is 12.3. The number of rotatable bonds is 17. The number of aliphatic hydroxyl groups is 1. The third-order valence-corrected chi connectivity index (χ3v) is 8.50. The summed E-state index contributed by atoms with van der Waals surface area (Å²) in [7, 11) is 0. The van der Waals surface area contributed by atoms with Crippen molar-refractivity contribution in [3.63, 3.8) is 0 Å². The lowest BCUT2D eigenvalue weighted by atomic mass is 9.90. The Hall–Kier alpha value is -3.24. The van der Waals surface area contributed by atoms with E-state index in [0.717, 1.165) is 12.0 Å². The highest BCUT2D eigenvalue weighted by Crippen LogP contribution is 2.40. The fourth-order valence-corrected chi connectivity index (χ4v) is 5.49. The molecular weight excluding hydrogens is 551 g/mol. The van der Waals surface area contributed by atoms with E-state index < -0.39 is 23.7 Å². The summed E-state index contributed by atoms with van der Waals surface area (Å²) in [6.07, 6.45) is 1.43. The number of halogens is 1. The van der Waals surface area contributed by atoms with Gasteiger partial charge in [-0.05, 0) is 61.1 Å². The van der Waals surface area contributed by atoms with Crippen LogP contribution in [0, 0.1) is 17.8 Å². The van der Waals surface area contributed by atoms with Crippen LogP contribution in [0.2, 0.25) is 0 Å². The molecule has 1 saturated carbocycles. The molecule has 1 aromatic heterocycles. The van der Waals surface area contributed by atoms with Gasteiger partial charge in [-0.25, -0.2) is 9.37 Å². The topological polar surface area (TPSA) is 113 Å². The predicted molar refractivity (Wildman–Crippen MR) is 164 cm³/mol. The molecule has 3 atom stereocenters. The summed E-state index contributed by atoms with van der Waals surface area (Å²) >= 11 is 0. The van der Waals surface area contributed by atoms with Crippen molar-refractivity contribution in [2.24, 2.45) is 17.8 Å². The van der Waals surface area contributed by atoms with Crippen LogP contribution in [0.4, 0.5) is 10.1 Å². The van der Waals surface area contributed by atoms with E-state index in [4.69, 9.17) is 9.47 Å². The second-order valence-corrected chi connectivity index (χ2v) is 12.3. The van der Waals surface area contributed by atoms with Gasteiger partial charge in [-0.2, -0.15) is 0 Å². The Bertz CT molecular complexity index is 1200. The number of hydrogen-bond donors (Lipinski definition) is 3. The number of hydrogen-bond acceptors (Lipinski definition) is 7. The van der Waals surface area contributed by atoms with Gasteiger partial charge < -0.3 is 30.1 Å².